The molecule has 0 fully saturated rings. The van der Waals surface area contributed by atoms with Crippen molar-refractivity contribution in [3.8, 4) is 0 Å². The topological polar surface area (TPSA) is 102 Å². The smallest absolute Gasteiger partial charge is 0.254 e. The van der Waals surface area contributed by atoms with Crippen molar-refractivity contribution in [2.75, 3.05) is 0 Å². The fourth-order valence-electron chi connectivity index (χ4n) is 2.97. The third-order valence-electron chi connectivity index (χ3n) is 4.41. The highest BCUT2D eigenvalue weighted by Crippen LogP contribution is 2.18. The Morgan fingerprint density at radius 2 is 1.92 bits per heavy atom. The van der Waals surface area contributed by atoms with E-state index in [-0.39, 0.29) is 5.91 Å². The summed E-state index contributed by atoms with van der Waals surface area (Å²) in [5.41, 5.74) is 9.74. The molecule has 3 aromatic rings. The zero-order valence-corrected chi connectivity index (χ0v) is 14.8. The highest BCUT2D eigenvalue weighted by molar-refractivity contribution is 5.98. The van der Waals surface area contributed by atoms with Gasteiger partial charge in [0.1, 0.15) is 5.56 Å². The summed E-state index contributed by atoms with van der Waals surface area (Å²) in [4.78, 5) is 28.1. The lowest BCUT2D eigenvalue weighted by atomic mass is 10.1. The first-order chi connectivity index (χ1) is 12.5. The van der Waals surface area contributed by atoms with Crippen LogP contribution in [0.3, 0.4) is 0 Å². The molecule has 3 rings (SSSR count). The van der Waals surface area contributed by atoms with Gasteiger partial charge < -0.3 is 11.1 Å². The van der Waals surface area contributed by atoms with Crippen LogP contribution in [0.25, 0.3) is 5.65 Å². The van der Waals surface area contributed by atoms with Crippen molar-refractivity contribution in [3.05, 3.63) is 64.6 Å². The van der Waals surface area contributed by atoms with E-state index in [0.29, 0.717) is 30.6 Å². The van der Waals surface area contributed by atoms with Gasteiger partial charge in [0.25, 0.3) is 5.91 Å². The molecule has 0 unspecified atom stereocenters. The maximum Gasteiger partial charge on any atom is 0.254 e. The summed E-state index contributed by atoms with van der Waals surface area (Å²) < 4.78 is 1.60. The molecule has 2 heterocycles. The van der Waals surface area contributed by atoms with Gasteiger partial charge in [-0.15, -0.1) is 0 Å². The lowest BCUT2D eigenvalue weighted by Crippen LogP contribution is -2.23. The molecule has 0 aliphatic carbocycles. The van der Waals surface area contributed by atoms with E-state index in [0.717, 1.165) is 22.5 Å². The minimum Gasteiger partial charge on any atom is -0.365 e. The molecule has 7 heteroatoms. The first-order valence-electron chi connectivity index (χ1n) is 8.41. The number of nitrogens with zero attached hydrogens (tertiary/aromatic N) is 3. The predicted molar refractivity (Wildman–Crippen MR) is 97.6 cm³/mol. The third-order valence-corrected chi connectivity index (χ3v) is 4.41. The molecule has 0 radical (unpaired) electrons. The summed E-state index contributed by atoms with van der Waals surface area (Å²) in [5.74, 6) is -0.578. The normalized spacial score (nSPS) is 10.8. The number of benzene rings is 1. The predicted octanol–water partition coefficient (Wildman–Crippen LogP) is 1.69. The van der Waals surface area contributed by atoms with E-state index < -0.39 is 5.91 Å². The number of hydrogen-bond acceptors (Lipinski definition) is 4. The van der Waals surface area contributed by atoms with Gasteiger partial charge in [0.05, 0.1) is 6.20 Å². The molecule has 1 aromatic carbocycles. The number of aromatic nitrogens is 3. The monoisotopic (exact) mass is 351 g/mol. The first-order valence-corrected chi connectivity index (χ1v) is 8.41. The highest BCUT2D eigenvalue weighted by Gasteiger charge is 2.17. The number of carbonyl (C=O) groups is 2. The van der Waals surface area contributed by atoms with Crippen LogP contribution in [0.15, 0.2) is 36.5 Å². The number of hydrogen-bond donors (Lipinski definition) is 2. The molecule has 3 N–H and O–H groups in total. The number of nitrogens with one attached hydrogen (secondary N) is 1. The number of carbonyl (C=O) groups excluding carboxylic acids is 2. The van der Waals surface area contributed by atoms with Gasteiger partial charge in [-0.05, 0) is 31.4 Å². The van der Waals surface area contributed by atoms with Crippen LogP contribution in [-0.4, -0.2) is 26.4 Å². The number of rotatable bonds is 6. The lowest BCUT2D eigenvalue weighted by Gasteiger charge is -2.11. The summed E-state index contributed by atoms with van der Waals surface area (Å²) in [6.45, 7) is 4.27. The van der Waals surface area contributed by atoms with Crippen LogP contribution in [0.1, 0.15) is 39.3 Å². The van der Waals surface area contributed by atoms with Gasteiger partial charge in [-0.2, -0.15) is 5.10 Å². The van der Waals surface area contributed by atoms with E-state index in [1.54, 1.807) is 4.52 Å². The van der Waals surface area contributed by atoms with Crippen LogP contribution in [0.2, 0.25) is 0 Å². The Labute approximate surface area is 151 Å². The van der Waals surface area contributed by atoms with E-state index >= 15 is 0 Å². The van der Waals surface area contributed by atoms with Gasteiger partial charge in [-0.3, -0.25) is 9.59 Å². The van der Waals surface area contributed by atoms with Crippen LogP contribution in [0.4, 0.5) is 0 Å². The molecule has 0 saturated heterocycles. The van der Waals surface area contributed by atoms with E-state index in [1.165, 1.54) is 6.20 Å². The van der Waals surface area contributed by atoms with E-state index in [4.69, 9.17) is 5.73 Å². The van der Waals surface area contributed by atoms with Crippen molar-refractivity contribution in [1.29, 1.82) is 0 Å². The van der Waals surface area contributed by atoms with Gasteiger partial charge >= 0.3 is 0 Å². The average molecular weight is 351 g/mol. The minimum absolute atomic E-state index is 0.0222. The summed E-state index contributed by atoms with van der Waals surface area (Å²) >= 11 is 0. The number of primary amides is 1. The van der Waals surface area contributed by atoms with E-state index in [2.05, 4.69) is 15.4 Å². The zero-order chi connectivity index (χ0) is 18.7. The van der Waals surface area contributed by atoms with Crippen LogP contribution in [0, 0.1) is 13.8 Å². The summed E-state index contributed by atoms with van der Waals surface area (Å²) in [5, 5.41) is 7.12. The van der Waals surface area contributed by atoms with E-state index in [9.17, 15) is 9.59 Å². The fourth-order valence-corrected chi connectivity index (χ4v) is 2.97. The summed E-state index contributed by atoms with van der Waals surface area (Å²) in [6, 6.07) is 9.78. The number of nitrogens with two attached hydrogens (primary N) is 1. The van der Waals surface area contributed by atoms with Crippen molar-refractivity contribution in [2.24, 2.45) is 5.73 Å². The van der Waals surface area contributed by atoms with Crippen molar-refractivity contribution >= 4 is 17.5 Å². The standard InChI is InChI=1S/C19H21N5O2/c1-12-15(8-9-17(25)21-10-14-6-4-3-5-7-14)13(2)24-19(23-12)16(11-22-24)18(20)26/h3-7,11H,8-10H2,1-2H3,(H2,20,26)(H,21,25). The van der Waals surface area contributed by atoms with Crippen molar-refractivity contribution in [2.45, 2.75) is 33.2 Å². The number of amides is 2. The Morgan fingerprint density at radius 1 is 1.19 bits per heavy atom. The molecule has 0 aliphatic heterocycles. The average Bonchev–Trinajstić information content (AvgIpc) is 3.04. The highest BCUT2D eigenvalue weighted by atomic mass is 16.1. The molecular formula is C19H21N5O2. The second kappa shape index (κ2) is 7.35. The van der Waals surface area contributed by atoms with Gasteiger partial charge in [0.2, 0.25) is 5.91 Å². The molecule has 2 amide bonds. The molecule has 0 atom stereocenters. The van der Waals surface area contributed by atoms with Crippen LogP contribution in [0.5, 0.6) is 0 Å². The molecule has 7 nitrogen and oxygen atoms in total. The second-order valence-electron chi connectivity index (χ2n) is 6.18. The third kappa shape index (κ3) is 3.56. The summed E-state index contributed by atoms with van der Waals surface area (Å²) in [6.07, 6.45) is 2.33. The maximum absolute atomic E-state index is 12.2. The fraction of sp³-hybridized carbons (Fsp3) is 0.263. The molecule has 0 bridgehead atoms. The largest absolute Gasteiger partial charge is 0.365 e. The van der Waals surface area contributed by atoms with Gasteiger partial charge in [0.15, 0.2) is 5.65 Å². The molecule has 0 spiro atoms. The Morgan fingerprint density at radius 3 is 2.62 bits per heavy atom. The molecule has 134 valence electrons. The van der Waals surface area contributed by atoms with Crippen LogP contribution >= 0.6 is 0 Å². The first kappa shape index (κ1) is 17.6. The Hall–Kier alpha value is -3.22. The van der Waals surface area contributed by atoms with Gasteiger partial charge in [-0.1, -0.05) is 30.3 Å². The lowest BCUT2D eigenvalue weighted by molar-refractivity contribution is -0.121. The van der Waals surface area contributed by atoms with Crippen molar-refractivity contribution < 1.29 is 9.59 Å². The molecule has 0 aliphatic rings. The van der Waals surface area contributed by atoms with Crippen LogP contribution < -0.4 is 11.1 Å². The SMILES string of the molecule is Cc1nc2c(C(N)=O)cnn2c(C)c1CCC(=O)NCc1ccccc1. The Kier molecular flexibility index (Phi) is 4.97. The van der Waals surface area contributed by atoms with Gasteiger partial charge in [0, 0.05) is 24.4 Å². The molecule has 0 saturated carbocycles. The second-order valence-corrected chi connectivity index (χ2v) is 6.18. The quantitative estimate of drug-likeness (QED) is 0.705. The maximum atomic E-state index is 12.2. The van der Waals surface area contributed by atoms with Crippen molar-refractivity contribution in [3.63, 3.8) is 0 Å². The molecule has 26 heavy (non-hydrogen) atoms. The molecular weight excluding hydrogens is 330 g/mol. The molecule has 2 aromatic heterocycles. The van der Waals surface area contributed by atoms with Crippen molar-refractivity contribution in [1.82, 2.24) is 19.9 Å². The van der Waals surface area contributed by atoms with Crippen LogP contribution in [-0.2, 0) is 17.8 Å². The zero-order valence-electron chi connectivity index (χ0n) is 14.8. The number of fused-ring (bicyclic) bond motifs is 1. The van der Waals surface area contributed by atoms with Gasteiger partial charge in [-0.25, -0.2) is 9.50 Å². The summed E-state index contributed by atoms with van der Waals surface area (Å²) in [7, 11) is 0. The van der Waals surface area contributed by atoms with E-state index in [1.807, 2.05) is 44.2 Å². The minimum atomic E-state index is -0.556. The Balaban J connectivity index is 1.70. The Bertz CT molecular complexity index is 963. The number of aryl methyl sites for hydroxylation is 2.